The quantitative estimate of drug-likeness (QED) is 0.0202. The van der Waals surface area contributed by atoms with Gasteiger partial charge in [-0.2, -0.15) is 0 Å². The van der Waals surface area contributed by atoms with Crippen LogP contribution in [-0.2, 0) is 90.7 Å². The second-order valence-electron chi connectivity index (χ2n) is 31.0. The number of hydrogen-bond acceptors (Lipinski definition) is 27. The van der Waals surface area contributed by atoms with Crippen LogP contribution in [0.5, 0.6) is 0 Å². The summed E-state index contributed by atoms with van der Waals surface area (Å²) in [5, 5.41) is 91.8. The zero-order chi connectivity index (χ0) is 86.1. The van der Waals surface area contributed by atoms with Crippen molar-refractivity contribution in [2.24, 2.45) is 0 Å². The zero-order valence-electron chi connectivity index (χ0n) is 68.9. The highest BCUT2D eigenvalue weighted by molar-refractivity contribution is 7.80. The minimum atomic E-state index is -1.04. The molecule has 2 unspecified atom stereocenters. The number of thiocarbonyl (C=S) groups is 3. The molecule has 0 saturated heterocycles. The highest BCUT2D eigenvalue weighted by Gasteiger charge is 2.32. The molecule has 13 N–H and O–H groups in total. The molecule has 0 fully saturated rings. The van der Waals surface area contributed by atoms with Crippen LogP contribution in [0.4, 0.5) is 0 Å². The van der Waals surface area contributed by atoms with Gasteiger partial charge in [0.15, 0.2) is 15.3 Å². The molecule has 120 heavy (non-hydrogen) atoms. The summed E-state index contributed by atoms with van der Waals surface area (Å²) in [5.41, 5.74) is 5.56. The Kier molecular flexibility index (Phi) is 42.2. The van der Waals surface area contributed by atoms with E-state index in [-0.39, 0.29) is 84.1 Å². The Balaban J connectivity index is 0.883. The maximum absolute atomic E-state index is 13.5. The summed E-state index contributed by atoms with van der Waals surface area (Å²) in [6, 6.07) is 20.3. The lowest BCUT2D eigenvalue weighted by Gasteiger charge is -2.35. The molecule has 0 radical (unpaired) electrons. The van der Waals surface area contributed by atoms with Crippen LogP contribution >= 0.6 is 36.7 Å². The number of pyridine rings is 4. The molecule has 4 aromatic rings. The molecule has 37 nitrogen and oxygen atoms in total. The lowest BCUT2D eigenvalue weighted by molar-refractivity contribution is -0.144. The summed E-state index contributed by atoms with van der Waals surface area (Å²) >= 11 is 17.3. The third kappa shape index (κ3) is 38.1. The number of fused-ring (bicyclic) bond motifs is 8. The number of carboxylic acid groups (broad SMARTS) is 7. The van der Waals surface area contributed by atoms with Crippen LogP contribution in [0.1, 0.15) is 91.0 Å². The minimum absolute atomic E-state index is 0.0422. The molecule has 0 aromatic carbocycles. The van der Waals surface area contributed by atoms with Crippen molar-refractivity contribution in [3.8, 4) is 0 Å². The van der Waals surface area contributed by atoms with Gasteiger partial charge in [-0.1, -0.05) is 24.3 Å². The van der Waals surface area contributed by atoms with Crippen molar-refractivity contribution in [3.05, 3.63) is 118 Å². The van der Waals surface area contributed by atoms with Crippen molar-refractivity contribution in [2.75, 3.05) is 209 Å². The highest BCUT2D eigenvalue weighted by atomic mass is 32.1. The van der Waals surface area contributed by atoms with Gasteiger partial charge in [0.05, 0.1) is 84.8 Å². The van der Waals surface area contributed by atoms with E-state index in [0.717, 1.165) is 11.4 Å². The molecule has 4 aliphatic rings. The fraction of sp³-hybridized carbons (Fsp3) is 0.613. The summed E-state index contributed by atoms with van der Waals surface area (Å²) in [4.78, 5) is 142. The van der Waals surface area contributed by atoms with Gasteiger partial charge in [0.1, 0.15) is 17.9 Å². The minimum Gasteiger partial charge on any atom is -0.480 e. The van der Waals surface area contributed by atoms with Crippen LogP contribution < -0.4 is 31.9 Å². The fourth-order valence-corrected chi connectivity index (χ4v) is 15.8. The van der Waals surface area contributed by atoms with Crippen molar-refractivity contribution in [2.45, 2.75) is 110 Å². The maximum Gasteiger partial charge on any atom is 0.320 e. The van der Waals surface area contributed by atoms with Crippen molar-refractivity contribution in [3.63, 3.8) is 0 Å². The molecule has 4 aromatic heterocycles. The van der Waals surface area contributed by atoms with E-state index >= 15 is 0 Å². The molecule has 4 aliphatic heterocycles. The first-order valence-electron chi connectivity index (χ1n) is 41.3. The first-order valence-corrected chi connectivity index (χ1v) is 42.5. The molecule has 0 spiro atoms. The Morgan fingerprint density at radius 2 is 0.500 bits per heavy atom. The van der Waals surface area contributed by atoms with Gasteiger partial charge in [-0.15, -0.1) is 0 Å². The number of nitrogens with one attached hydrogen (secondary N) is 6. The van der Waals surface area contributed by atoms with E-state index in [2.05, 4.69) is 56.4 Å². The molecular weight excluding hydrogens is 1610 g/mol. The van der Waals surface area contributed by atoms with E-state index < -0.39 is 53.9 Å². The number of ketones is 1. The average Bonchev–Trinajstić information content (AvgIpc) is 0.836. The maximum atomic E-state index is 13.5. The number of nitrogens with zero attached hydrogens (tertiary/aromatic N) is 16. The van der Waals surface area contributed by atoms with E-state index in [1.165, 1.54) is 0 Å². The van der Waals surface area contributed by atoms with Gasteiger partial charge in [0, 0.05) is 196 Å². The Labute approximate surface area is 718 Å². The number of hydrogen-bond donors (Lipinski definition) is 13. The standard InChI is InChI=1S/C80H122N22O15S3/c1-60(103)46-95-36-30-91(31-37-96(55-71(104)105)48-62-11-2-10-61(47-95)87-62)26-7-22-83-79(119)85-24-18-69(76(114)115)101-44-42-94(29-9-21-82-78(118)81-20-6-27-92-32-38-97(56-72(106)107)49-63-12-3-13-64(88-63)50-98(39-33-92)57-73(108)109)43-45-102(54-68-17-5-16-67(53-101)90-68)70(77(116)117)19-25-86-80(120)84-23-8-28-93-34-40-99(58-74(110)111)51-65-14-4-15-66(89-65)52-100(41-35-93)59-75(112)113/h2-5,10-17,69-70H,6-9,18-59H2,1H3,(H,104,105)(H,106,107)(H,108,109)(H,110,111)(H,112,113)(H,114,115)(H,116,117)(H2,81,82,118)(H2,83,85,119)(H2,84,86,120). The summed E-state index contributed by atoms with van der Waals surface area (Å²) in [5.74, 6) is -6.76. The first-order chi connectivity index (χ1) is 57.7. The van der Waals surface area contributed by atoms with Gasteiger partial charge < -0.3 is 87.2 Å². The number of carboxylic acids is 7. The number of aliphatic carboxylic acids is 7. The molecule has 8 rings (SSSR count). The Morgan fingerprint density at radius 3 is 0.717 bits per heavy atom. The van der Waals surface area contributed by atoms with E-state index in [1.54, 1.807) is 6.92 Å². The van der Waals surface area contributed by atoms with Gasteiger partial charge in [0.25, 0.3) is 0 Å². The van der Waals surface area contributed by atoms with Crippen LogP contribution in [0.2, 0.25) is 0 Å². The second-order valence-corrected chi connectivity index (χ2v) is 32.2. The Morgan fingerprint density at radius 1 is 0.300 bits per heavy atom. The smallest absolute Gasteiger partial charge is 0.320 e. The average molecular weight is 1730 g/mol. The predicted octanol–water partition coefficient (Wildman–Crippen LogP) is -0.303. The third-order valence-electron chi connectivity index (χ3n) is 21.1. The van der Waals surface area contributed by atoms with Crippen molar-refractivity contribution in [1.82, 2.24) is 111 Å². The van der Waals surface area contributed by atoms with E-state index in [4.69, 9.17) is 56.6 Å². The van der Waals surface area contributed by atoms with Gasteiger partial charge in [-0.3, -0.25) is 97.5 Å². The predicted molar refractivity (Wildman–Crippen MR) is 460 cm³/mol. The van der Waals surface area contributed by atoms with Gasteiger partial charge >= 0.3 is 41.8 Å². The molecule has 2 atom stereocenters. The normalized spacial score (nSPS) is 17.9. The molecule has 0 aliphatic carbocycles. The first kappa shape index (κ1) is 96.6. The fourth-order valence-electron chi connectivity index (χ4n) is 15.2. The van der Waals surface area contributed by atoms with Crippen LogP contribution in [0.25, 0.3) is 0 Å². The van der Waals surface area contributed by atoms with Gasteiger partial charge in [0.2, 0.25) is 0 Å². The van der Waals surface area contributed by atoms with Crippen LogP contribution in [0.15, 0.2) is 72.8 Å². The summed E-state index contributed by atoms with van der Waals surface area (Å²) in [6.07, 6.45) is 2.91. The summed E-state index contributed by atoms with van der Waals surface area (Å²) in [6.45, 7) is 15.8. The lowest BCUT2D eigenvalue weighted by Crippen LogP contribution is -2.50. The zero-order valence-corrected chi connectivity index (χ0v) is 71.3. The van der Waals surface area contributed by atoms with Crippen molar-refractivity contribution >= 4 is 99.6 Å². The number of carbonyl (C=O) groups excluding carboxylic acids is 1. The van der Waals surface area contributed by atoms with Crippen LogP contribution in [0.3, 0.4) is 0 Å². The van der Waals surface area contributed by atoms with Crippen LogP contribution in [-0.4, -0.2) is 399 Å². The Bertz CT molecular complexity index is 3670. The molecule has 40 heteroatoms. The molecule has 8 heterocycles. The topological polar surface area (TPSA) is 441 Å². The van der Waals surface area contributed by atoms with Crippen LogP contribution in [0, 0.1) is 0 Å². The number of Topliss-reactive ketones (excluding diaryl/α,β-unsaturated/α-hetero) is 1. The van der Waals surface area contributed by atoms with Crippen molar-refractivity contribution in [1.29, 1.82) is 0 Å². The number of aromatic nitrogens is 4. The monoisotopic (exact) mass is 1730 g/mol. The SMILES string of the molecule is CC(=O)CN1CCN(CCCNC(=S)NCCC(C(=O)O)N2CCN(CCCNC(=S)NCCCN3CCN(CC(=O)O)Cc4cccc(n4)CN(CC(=O)O)CC3)CCN(C(CCNC(=S)NCCCN3CCN(CC(=O)O)Cc4cccc(n4)CN(CC(=O)O)CC3)C(=O)O)Cc3cccc(n3)C2)CCN(CC(=O)O)Cc2cccc(n2)C1. The lowest BCUT2D eigenvalue weighted by atomic mass is 10.1. The summed E-state index contributed by atoms with van der Waals surface area (Å²) in [7, 11) is 0. The molecule has 0 saturated carbocycles. The number of carbonyl (C=O) groups is 8. The van der Waals surface area contributed by atoms with Gasteiger partial charge in [-0.05, 0) is 157 Å². The highest BCUT2D eigenvalue weighted by Crippen LogP contribution is 2.19. The second kappa shape index (κ2) is 52.5. The summed E-state index contributed by atoms with van der Waals surface area (Å²) < 4.78 is 0. The third-order valence-corrected chi connectivity index (χ3v) is 22.0. The largest absolute Gasteiger partial charge is 0.480 e. The molecule has 660 valence electrons. The molecule has 8 bridgehead atoms. The van der Waals surface area contributed by atoms with Crippen molar-refractivity contribution < 1.29 is 74.1 Å². The van der Waals surface area contributed by atoms with E-state index in [1.807, 2.05) is 107 Å². The van der Waals surface area contributed by atoms with E-state index in [0.29, 0.717) is 272 Å². The number of rotatable bonds is 38. The van der Waals surface area contributed by atoms with Gasteiger partial charge in [-0.25, -0.2) is 0 Å². The molecular formula is C80H122N22O15S3. The Hall–Kier alpha value is -8.85. The van der Waals surface area contributed by atoms with E-state index in [9.17, 15) is 74.1 Å². The molecule has 0 amide bonds.